The van der Waals surface area contributed by atoms with Crippen molar-refractivity contribution >= 4 is 35.0 Å². The molecule has 148 valence electrons. The summed E-state index contributed by atoms with van der Waals surface area (Å²) < 4.78 is 1.95. The number of thioether (sulfide) groups is 1. The molecular formula is C22H22N4O2S. The number of hydrogen-bond acceptors (Lipinski definition) is 4. The van der Waals surface area contributed by atoms with Gasteiger partial charge in [0.05, 0.1) is 0 Å². The fourth-order valence-electron chi connectivity index (χ4n) is 3.47. The van der Waals surface area contributed by atoms with Crippen molar-refractivity contribution in [2.75, 3.05) is 23.0 Å². The van der Waals surface area contributed by atoms with Crippen molar-refractivity contribution in [3.63, 3.8) is 0 Å². The minimum absolute atomic E-state index is 0.136. The summed E-state index contributed by atoms with van der Waals surface area (Å²) in [4.78, 5) is 31.1. The number of benzene rings is 2. The number of hydrogen-bond donors (Lipinski definition) is 1. The molecule has 1 fully saturated rings. The molecule has 1 N–H and O–H groups in total. The zero-order chi connectivity index (χ0) is 20.2. The van der Waals surface area contributed by atoms with Gasteiger partial charge in [-0.05, 0) is 55.5 Å². The maximum absolute atomic E-state index is 12.8. The number of carbonyl (C=O) groups excluding carboxylic acids is 2. The van der Waals surface area contributed by atoms with E-state index in [4.69, 9.17) is 0 Å². The van der Waals surface area contributed by atoms with Crippen molar-refractivity contribution in [1.29, 1.82) is 0 Å². The molecule has 3 aromatic rings. The minimum Gasteiger partial charge on any atom is -0.322 e. The zero-order valence-corrected chi connectivity index (χ0v) is 17.0. The van der Waals surface area contributed by atoms with Crippen molar-refractivity contribution in [1.82, 2.24) is 9.55 Å². The quantitative estimate of drug-likeness (QED) is 0.639. The number of rotatable bonds is 5. The molecule has 1 aromatic heterocycles. The summed E-state index contributed by atoms with van der Waals surface area (Å²) in [5, 5.41) is 3.81. The highest BCUT2D eigenvalue weighted by molar-refractivity contribution is 7.98. The van der Waals surface area contributed by atoms with Crippen LogP contribution in [0.1, 0.15) is 29.6 Å². The number of anilines is 2. The van der Waals surface area contributed by atoms with Crippen LogP contribution in [0.15, 0.2) is 66.1 Å². The SMILES string of the molecule is CSc1nccn1-c1cccc(C(=O)Nc2cccc(N3CCCCC3=O)c2)c1. The third-order valence-electron chi connectivity index (χ3n) is 4.91. The summed E-state index contributed by atoms with van der Waals surface area (Å²) in [6, 6.07) is 14.9. The van der Waals surface area contributed by atoms with Crippen LogP contribution in [0.2, 0.25) is 0 Å². The Labute approximate surface area is 173 Å². The Morgan fingerprint density at radius 3 is 2.76 bits per heavy atom. The van der Waals surface area contributed by atoms with Gasteiger partial charge in [0.25, 0.3) is 5.91 Å². The molecule has 2 heterocycles. The van der Waals surface area contributed by atoms with Crippen molar-refractivity contribution in [3.05, 3.63) is 66.5 Å². The molecule has 2 amide bonds. The van der Waals surface area contributed by atoms with E-state index in [-0.39, 0.29) is 11.8 Å². The van der Waals surface area contributed by atoms with E-state index >= 15 is 0 Å². The number of carbonyl (C=O) groups is 2. The second-order valence-electron chi connectivity index (χ2n) is 6.84. The van der Waals surface area contributed by atoms with Crippen LogP contribution in [0.25, 0.3) is 5.69 Å². The molecule has 7 heteroatoms. The van der Waals surface area contributed by atoms with Crippen LogP contribution in [0.4, 0.5) is 11.4 Å². The molecule has 0 bridgehead atoms. The minimum atomic E-state index is -0.195. The first-order chi connectivity index (χ1) is 14.2. The maximum atomic E-state index is 12.8. The number of piperidine rings is 1. The number of aromatic nitrogens is 2. The van der Waals surface area contributed by atoms with Gasteiger partial charge in [-0.3, -0.25) is 14.2 Å². The van der Waals surface area contributed by atoms with Gasteiger partial charge in [0, 0.05) is 48.0 Å². The van der Waals surface area contributed by atoms with E-state index < -0.39 is 0 Å². The van der Waals surface area contributed by atoms with Crippen LogP contribution >= 0.6 is 11.8 Å². The molecule has 1 aliphatic heterocycles. The topological polar surface area (TPSA) is 67.2 Å². The average Bonchev–Trinajstić information content (AvgIpc) is 3.23. The zero-order valence-electron chi connectivity index (χ0n) is 16.2. The first kappa shape index (κ1) is 19.3. The molecule has 29 heavy (non-hydrogen) atoms. The molecular weight excluding hydrogens is 384 g/mol. The van der Waals surface area contributed by atoms with Gasteiger partial charge in [0.2, 0.25) is 5.91 Å². The molecule has 0 unspecified atom stereocenters. The van der Waals surface area contributed by atoms with E-state index in [1.807, 2.05) is 59.5 Å². The lowest BCUT2D eigenvalue weighted by Crippen LogP contribution is -2.35. The Morgan fingerprint density at radius 1 is 1.10 bits per heavy atom. The van der Waals surface area contributed by atoms with Crippen molar-refractivity contribution in [3.8, 4) is 5.69 Å². The van der Waals surface area contributed by atoms with E-state index in [9.17, 15) is 9.59 Å². The molecule has 0 saturated carbocycles. The molecule has 0 atom stereocenters. The molecule has 1 saturated heterocycles. The Hall–Kier alpha value is -3.06. The lowest BCUT2D eigenvalue weighted by Gasteiger charge is -2.27. The Morgan fingerprint density at radius 2 is 1.93 bits per heavy atom. The van der Waals surface area contributed by atoms with Crippen LogP contribution in [-0.4, -0.2) is 34.2 Å². The summed E-state index contributed by atoms with van der Waals surface area (Å²) in [5.74, 6) is -0.0582. The highest BCUT2D eigenvalue weighted by Gasteiger charge is 2.20. The van der Waals surface area contributed by atoms with Gasteiger partial charge < -0.3 is 10.2 Å². The predicted molar refractivity (Wildman–Crippen MR) is 116 cm³/mol. The molecule has 4 rings (SSSR count). The Bertz CT molecular complexity index is 1050. The van der Waals surface area contributed by atoms with Gasteiger partial charge in [0.1, 0.15) is 0 Å². The van der Waals surface area contributed by atoms with E-state index in [1.165, 1.54) is 0 Å². The average molecular weight is 407 g/mol. The molecule has 6 nitrogen and oxygen atoms in total. The number of nitrogens with zero attached hydrogens (tertiary/aromatic N) is 3. The van der Waals surface area contributed by atoms with E-state index in [2.05, 4.69) is 10.3 Å². The van der Waals surface area contributed by atoms with E-state index in [0.717, 1.165) is 35.9 Å². The van der Waals surface area contributed by atoms with E-state index in [1.54, 1.807) is 28.9 Å². The Balaban J connectivity index is 1.53. The monoisotopic (exact) mass is 406 g/mol. The predicted octanol–water partition coefficient (Wildman–Crippen LogP) is 4.36. The fraction of sp³-hybridized carbons (Fsp3) is 0.227. The van der Waals surface area contributed by atoms with Crippen molar-refractivity contribution in [2.24, 2.45) is 0 Å². The van der Waals surface area contributed by atoms with Crippen LogP contribution in [0.5, 0.6) is 0 Å². The molecule has 2 aromatic carbocycles. The highest BCUT2D eigenvalue weighted by Crippen LogP contribution is 2.25. The van der Waals surface area contributed by atoms with E-state index in [0.29, 0.717) is 17.7 Å². The van der Waals surface area contributed by atoms with Gasteiger partial charge >= 0.3 is 0 Å². The molecule has 1 aliphatic rings. The maximum Gasteiger partial charge on any atom is 0.255 e. The first-order valence-electron chi connectivity index (χ1n) is 9.55. The third kappa shape index (κ3) is 4.19. The van der Waals surface area contributed by atoms with Crippen LogP contribution < -0.4 is 10.2 Å². The summed E-state index contributed by atoms with van der Waals surface area (Å²) in [6.45, 7) is 0.723. The second kappa shape index (κ2) is 8.53. The lowest BCUT2D eigenvalue weighted by atomic mass is 10.1. The number of amides is 2. The molecule has 0 spiro atoms. The van der Waals surface area contributed by atoms with Crippen LogP contribution in [0, 0.1) is 0 Å². The Kier molecular flexibility index (Phi) is 5.67. The van der Waals surface area contributed by atoms with Crippen molar-refractivity contribution < 1.29 is 9.59 Å². The second-order valence-corrected chi connectivity index (χ2v) is 7.61. The third-order valence-corrected chi connectivity index (χ3v) is 5.58. The highest BCUT2D eigenvalue weighted by atomic mass is 32.2. The summed E-state index contributed by atoms with van der Waals surface area (Å²) in [6.07, 6.45) is 8.11. The summed E-state index contributed by atoms with van der Waals surface area (Å²) >= 11 is 1.55. The van der Waals surface area contributed by atoms with Gasteiger partial charge in [-0.2, -0.15) is 0 Å². The normalized spacial score (nSPS) is 14.1. The summed E-state index contributed by atoms with van der Waals surface area (Å²) in [7, 11) is 0. The fourth-order valence-corrected chi connectivity index (χ4v) is 4.00. The van der Waals surface area contributed by atoms with Gasteiger partial charge in [-0.25, -0.2) is 4.98 Å². The van der Waals surface area contributed by atoms with Gasteiger partial charge in [0.15, 0.2) is 5.16 Å². The smallest absolute Gasteiger partial charge is 0.255 e. The summed E-state index contributed by atoms with van der Waals surface area (Å²) in [5.41, 5.74) is 2.93. The number of imidazole rings is 1. The van der Waals surface area contributed by atoms with Crippen LogP contribution in [0.3, 0.4) is 0 Å². The van der Waals surface area contributed by atoms with Crippen LogP contribution in [-0.2, 0) is 4.79 Å². The van der Waals surface area contributed by atoms with Crippen molar-refractivity contribution in [2.45, 2.75) is 24.4 Å². The van der Waals surface area contributed by atoms with Gasteiger partial charge in [-0.15, -0.1) is 0 Å². The standard InChI is InChI=1S/C22H22N4O2S/c1-29-22-23-11-13-26(22)18-8-4-6-16(14-18)21(28)24-17-7-5-9-19(15-17)25-12-3-2-10-20(25)27/h4-9,11,13-15H,2-3,10,12H2,1H3,(H,24,28). The lowest BCUT2D eigenvalue weighted by molar-refractivity contribution is -0.119. The number of nitrogens with one attached hydrogen (secondary N) is 1. The first-order valence-corrected chi connectivity index (χ1v) is 10.8. The largest absolute Gasteiger partial charge is 0.322 e. The molecule has 0 radical (unpaired) electrons. The molecule has 0 aliphatic carbocycles. The van der Waals surface area contributed by atoms with Gasteiger partial charge in [-0.1, -0.05) is 23.9 Å².